The average Bonchev–Trinajstić information content (AvgIpc) is 3.36. The standard InChI is InChI=1S/C24H30N2O5S3/c1-15-10-11-24(23(4,30)22(29)32-5)13-20(28)26(34(24)31)17(3)21-25-18(14-33-21)8-6-7-9-19(27)16(2)12-15/h6-9,12,14,16-17,30H,10-11,13H2,1-5H3/b8-6-,9-7+,15-12+. The number of hydrogen-bond acceptors (Lipinski definition) is 8. The van der Waals surface area contributed by atoms with Gasteiger partial charge in [0.15, 0.2) is 5.78 Å². The zero-order valence-corrected chi connectivity index (χ0v) is 22.4. The van der Waals surface area contributed by atoms with Crippen LogP contribution in [0.15, 0.2) is 35.3 Å². The maximum absolute atomic E-state index is 14.0. The Morgan fingerprint density at radius 3 is 2.68 bits per heavy atom. The molecule has 5 atom stereocenters. The molecule has 0 aromatic carbocycles. The third kappa shape index (κ3) is 4.91. The van der Waals surface area contributed by atoms with Gasteiger partial charge in [-0.25, -0.2) is 9.19 Å². The lowest BCUT2D eigenvalue weighted by Gasteiger charge is -2.39. The molecule has 3 heterocycles. The molecule has 1 fully saturated rings. The number of ketones is 1. The molecule has 0 saturated carbocycles. The van der Waals surface area contributed by atoms with Crippen molar-refractivity contribution in [3.05, 3.63) is 46.0 Å². The van der Waals surface area contributed by atoms with Crippen LogP contribution in [-0.2, 0) is 25.4 Å². The van der Waals surface area contributed by atoms with Gasteiger partial charge in [-0.3, -0.25) is 18.7 Å². The SMILES string of the molecule is CSC(=O)C(C)(O)C12CC/C(C)=C/C(C)C(=O)/C=C/C=C\c3csc(n3)C(C)N(C(=O)C1)S2=O. The van der Waals surface area contributed by atoms with Crippen LogP contribution >= 0.6 is 23.1 Å². The second-order valence-electron chi connectivity index (χ2n) is 8.91. The Hall–Kier alpha value is -1.88. The van der Waals surface area contributed by atoms with Crippen LogP contribution < -0.4 is 0 Å². The van der Waals surface area contributed by atoms with Crippen molar-refractivity contribution in [2.75, 3.05) is 6.26 Å². The zero-order chi connectivity index (χ0) is 25.3. The monoisotopic (exact) mass is 522 g/mol. The molecule has 1 amide bonds. The fourth-order valence-corrected chi connectivity index (χ4v) is 7.81. The number of aromatic nitrogens is 1. The third-order valence-corrected chi connectivity index (χ3v) is 10.6. The summed E-state index contributed by atoms with van der Waals surface area (Å²) in [5.41, 5.74) is -0.475. The molecule has 2 aliphatic rings. The van der Waals surface area contributed by atoms with Crippen molar-refractivity contribution in [1.82, 2.24) is 9.29 Å². The highest BCUT2D eigenvalue weighted by Crippen LogP contribution is 2.48. The van der Waals surface area contributed by atoms with Gasteiger partial charge in [0.2, 0.25) is 11.0 Å². The van der Waals surface area contributed by atoms with Gasteiger partial charge < -0.3 is 5.11 Å². The molecule has 3 rings (SSSR count). The van der Waals surface area contributed by atoms with Crippen molar-refractivity contribution in [1.29, 1.82) is 0 Å². The first kappa shape index (κ1) is 26.7. The van der Waals surface area contributed by atoms with Crippen LogP contribution in [0.1, 0.15) is 63.7 Å². The van der Waals surface area contributed by atoms with Gasteiger partial charge in [0.25, 0.3) is 0 Å². The maximum atomic E-state index is 14.0. The number of hydrogen-bond donors (Lipinski definition) is 1. The number of rotatable bonds is 2. The maximum Gasteiger partial charge on any atom is 0.236 e. The molecule has 7 nitrogen and oxygen atoms in total. The number of aliphatic hydroxyl groups is 1. The van der Waals surface area contributed by atoms with Crippen LogP contribution in [0.3, 0.4) is 0 Å². The van der Waals surface area contributed by atoms with Gasteiger partial charge in [-0.2, -0.15) is 0 Å². The molecule has 0 radical (unpaired) electrons. The Morgan fingerprint density at radius 2 is 2.00 bits per heavy atom. The summed E-state index contributed by atoms with van der Waals surface area (Å²) in [4.78, 5) is 43.0. The highest BCUT2D eigenvalue weighted by molar-refractivity contribution is 8.13. The Balaban J connectivity index is 2.13. The summed E-state index contributed by atoms with van der Waals surface area (Å²) in [5.74, 6) is -0.824. The van der Waals surface area contributed by atoms with E-state index in [-0.39, 0.29) is 30.4 Å². The summed E-state index contributed by atoms with van der Waals surface area (Å²) in [5, 5.41) is 13.3. The molecule has 2 aliphatic heterocycles. The minimum Gasteiger partial charge on any atom is -0.380 e. The van der Waals surface area contributed by atoms with E-state index in [4.69, 9.17) is 0 Å². The van der Waals surface area contributed by atoms with E-state index < -0.39 is 32.5 Å². The minimum absolute atomic E-state index is 0.0639. The van der Waals surface area contributed by atoms with Gasteiger partial charge in [0.05, 0.1) is 18.2 Å². The first-order valence-electron chi connectivity index (χ1n) is 11.0. The minimum atomic E-state index is -1.99. The number of allylic oxidation sites excluding steroid dienone is 5. The van der Waals surface area contributed by atoms with Crippen LogP contribution in [0, 0.1) is 5.92 Å². The molecule has 1 aromatic rings. The van der Waals surface area contributed by atoms with E-state index in [1.54, 1.807) is 38.3 Å². The van der Waals surface area contributed by atoms with E-state index >= 15 is 0 Å². The van der Waals surface area contributed by atoms with Crippen molar-refractivity contribution in [2.24, 2.45) is 5.92 Å². The summed E-state index contributed by atoms with van der Waals surface area (Å²) >= 11 is 2.19. The van der Waals surface area contributed by atoms with Crippen molar-refractivity contribution < 1.29 is 23.7 Å². The number of amides is 1. The molecule has 4 bridgehead atoms. The lowest BCUT2D eigenvalue weighted by Crippen LogP contribution is -2.58. The van der Waals surface area contributed by atoms with Crippen LogP contribution in [0.25, 0.3) is 6.08 Å². The van der Waals surface area contributed by atoms with Crippen LogP contribution in [0.4, 0.5) is 0 Å². The van der Waals surface area contributed by atoms with E-state index in [9.17, 15) is 23.7 Å². The molecular weight excluding hydrogens is 492 g/mol. The lowest BCUT2D eigenvalue weighted by atomic mass is 9.81. The van der Waals surface area contributed by atoms with Crippen LogP contribution in [-0.4, -0.2) is 52.0 Å². The largest absolute Gasteiger partial charge is 0.380 e. The summed E-state index contributed by atoms with van der Waals surface area (Å²) in [6.07, 6.45) is 10.4. The van der Waals surface area contributed by atoms with Crippen molar-refractivity contribution in [3.63, 3.8) is 0 Å². The zero-order valence-electron chi connectivity index (χ0n) is 19.9. The number of carbonyl (C=O) groups excluding carboxylic acids is 3. The molecule has 1 N–H and O–H groups in total. The summed E-state index contributed by atoms with van der Waals surface area (Å²) in [6.45, 7) is 6.76. The first-order chi connectivity index (χ1) is 15.9. The molecule has 1 saturated heterocycles. The molecular formula is C24H30N2O5S3. The van der Waals surface area contributed by atoms with E-state index in [1.807, 2.05) is 18.4 Å². The molecule has 0 aliphatic carbocycles. The smallest absolute Gasteiger partial charge is 0.236 e. The van der Waals surface area contributed by atoms with Crippen molar-refractivity contribution in [2.45, 2.75) is 63.3 Å². The van der Waals surface area contributed by atoms with Gasteiger partial charge in [0.1, 0.15) is 26.3 Å². The Bertz CT molecular complexity index is 1100. The summed E-state index contributed by atoms with van der Waals surface area (Å²) in [6, 6.07) is -0.591. The van der Waals surface area contributed by atoms with Crippen LogP contribution in [0.5, 0.6) is 0 Å². The Kier molecular flexibility index (Phi) is 8.17. The van der Waals surface area contributed by atoms with Gasteiger partial charge in [-0.1, -0.05) is 42.5 Å². The highest BCUT2D eigenvalue weighted by Gasteiger charge is 2.63. The number of fused-ring (bicyclic) bond motifs is 4. The van der Waals surface area contributed by atoms with E-state index in [0.717, 1.165) is 17.3 Å². The molecule has 5 unspecified atom stereocenters. The predicted molar refractivity (Wildman–Crippen MR) is 137 cm³/mol. The lowest BCUT2D eigenvalue weighted by molar-refractivity contribution is -0.132. The molecule has 0 spiro atoms. The van der Waals surface area contributed by atoms with Gasteiger partial charge in [-0.15, -0.1) is 11.3 Å². The number of carbonyl (C=O) groups is 3. The second-order valence-corrected chi connectivity index (χ2v) is 12.3. The predicted octanol–water partition coefficient (Wildman–Crippen LogP) is 3.99. The quantitative estimate of drug-likeness (QED) is 0.586. The van der Waals surface area contributed by atoms with Gasteiger partial charge >= 0.3 is 0 Å². The van der Waals surface area contributed by atoms with E-state index in [0.29, 0.717) is 17.1 Å². The highest BCUT2D eigenvalue weighted by atomic mass is 32.2. The Labute approximate surface area is 211 Å². The van der Waals surface area contributed by atoms with Gasteiger partial charge in [-0.05, 0) is 52.0 Å². The number of thiazole rings is 1. The van der Waals surface area contributed by atoms with E-state index in [1.165, 1.54) is 28.6 Å². The number of nitrogens with zero attached hydrogens (tertiary/aromatic N) is 2. The van der Waals surface area contributed by atoms with Crippen molar-refractivity contribution in [3.8, 4) is 0 Å². The average molecular weight is 523 g/mol. The Morgan fingerprint density at radius 1 is 1.32 bits per heavy atom. The first-order valence-corrected chi connectivity index (χ1v) is 14.2. The second kappa shape index (κ2) is 10.4. The van der Waals surface area contributed by atoms with Crippen molar-refractivity contribution >= 4 is 57.0 Å². The summed E-state index contributed by atoms with van der Waals surface area (Å²) < 4.78 is 13.7. The fraction of sp³-hybridized carbons (Fsp3) is 0.500. The third-order valence-electron chi connectivity index (χ3n) is 6.46. The molecule has 1 aromatic heterocycles. The molecule has 10 heteroatoms. The van der Waals surface area contributed by atoms with Crippen LogP contribution in [0.2, 0.25) is 0 Å². The molecule has 184 valence electrons. The summed E-state index contributed by atoms with van der Waals surface area (Å²) in [7, 11) is -1.99. The molecule has 34 heavy (non-hydrogen) atoms. The normalized spacial score (nSPS) is 33.5. The number of thioether (sulfide) groups is 1. The van der Waals surface area contributed by atoms with E-state index in [2.05, 4.69) is 4.98 Å². The van der Waals surface area contributed by atoms with Gasteiger partial charge in [0, 0.05) is 11.3 Å². The fourth-order valence-electron chi connectivity index (χ4n) is 4.29. The topological polar surface area (TPSA) is 105 Å².